The van der Waals surface area contributed by atoms with Crippen LogP contribution in [0.25, 0.3) is 0 Å². The number of morpholine rings is 1. The molecule has 2 aliphatic rings. The molecule has 0 spiro atoms. The number of hydrogen-bond acceptors (Lipinski definition) is 6. The maximum atomic E-state index is 13.7. The largest absolute Gasteiger partial charge is 0.491 e. The zero-order chi connectivity index (χ0) is 21.6. The number of carboxylic acid groups (broad SMARTS) is 1. The highest BCUT2D eigenvalue weighted by atomic mass is 32.2. The van der Waals surface area contributed by atoms with Crippen LogP contribution in [0.1, 0.15) is 12.8 Å². The normalized spacial score (nSPS) is 19.5. The van der Waals surface area contributed by atoms with E-state index in [0.717, 1.165) is 47.3 Å². The van der Waals surface area contributed by atoms with Gasteiger partial charge in [-0.1, -0.05) is 17.8 Å². The number of benzene rings is 2. The molecule has 0 amide bonds. The zero-order valence-corrected chi connectivity index (χ0v) is 18.2. The van der Waals surface area contributed by atoms with Crippen molar-refractivity contribution >= 4 is 23.4 Å². The summed E-state index contributed by atoms with van der Waals surface area (Å²) in [7, 11) is 0. The number of anilines is 1. The number of carbonyl (C=O) groups is 1. The van der Waals surface area contributed by atoms with E-state index in [1.165, 1.54) is 23.9 Å². The molecule has 2 aromatic carbocycles. The van der Waals surface area contributed by atoms with Crippen LogP contribution in [0, 0.1) is 5.82 Å². The fourth-order valence-electron chi connectivity index (χ4n) is 4.02. The van der Waals surface area contributed by atoms with Crippen molar-refractivity contribution in [3.8, 4) is 5.75 Å². The quantitative estimate of drug-likeness (QED) is 0.663. The lowest BCUT2D eigenvalue weighted by Gasteiger charge is -2.29. The lowest BCUT2D eigenvalue weighted by Crippen LogP contribution is -2.38. The Balaban J connectivity index is 1.49. The lowest BCUT2D eigenvalue weighted by molar-refractivity contribution is -0.142. The molecule has 0 bridgehead atoms. The molecule has 4 rings (SSSR count). The Kier molecular flexibility index (Phi) is 7.32. The van der Waals surface area contributed by atoms with Gasteiger partial charge in [0.15, 0.2) is 0 Å². The first kappa shape index (κ1) is 21.9. The van der Waals surface area contributed by atoms with Crippen LogP contribution in [0.15, 0.2) is 52.3 Å². The molecule has 0 radical (unpaired) electrons. The number of rotatable bonds is 8. The second-order valence-corrected chi connectivity index (χ2v) is 8.79. The van der Waals surface area contributed by atoms with Crippen LogP contribution in [-0.4, -0.2) is 68.0 Å². The number of halogens is 1. The summed E-state index contributed by atoms with van der Waals surface area (Å²) in [6, 6.07) is 12.2. The van der Waals surface area contributed by atoms with Gasteiger partial charge in [-0.15, -0.1) is 0 Å². The molecule has 1 N–H and O–H groups in total. The van der Waals surface area contributed by atoms with Crippen LogP contribution < -0.4 is 9.64 Å². The van der Waals surface area contributed by atoms with Gasteiger partial charge in [0.1, 0.15) is 24.2 Å². The molecular formula is C23H27FN2O4S. The van der Waals surface area contributed by atoms with E-state index in [2.05, 4.69) is 11.0 Å². The molecule has 1 unspecified atom stereocenters. The molecule has 8 heteroatoms. The van der Waals surface area contributed by atoms with Crippen molar-refractivity contribution in [1.82, 2.24) is 4.90 Å². The van der Waals surface area contributed by atoms with Gasteiger partial charge in [-0.25, -0.2) is 4.39 Å². The van der Waals surface area contributed by atoms with E-state index in [9.17, 15) is 14.3 Å². The van der Waals surface area contributed by atoms with Gasteiger partial charge in [-0.3, -0.25) is 9.69 Å². The molecule has 166 valence electrons. The molecule has 2 aliphatic heterocycles. The number of carboxylic acids is 1. The van der Waals surface area contributed by atoms with Crippen molar-refractivity contribution in [2.75, 3.05) is 50.9 Å². The summed E-state index contributed by atoms with van der Waals surface area (Å²) in [5.41, 5.74) is 1.08. The third-order valence-corrected chi connectivity index (χ3v) is 6.64. The average Bonchev–Trinajstić information content (AvgIpc) is 3.24. The van der Waals surface area contributed by atoms with E-state index in [1.54, 1.807) is 6.07 Å². The molecule has 2 heterocycles. The monoisotopic (exact) mass is 446 g/mol. The van der Waals surface area contributed by atoms with Gasteiger partial charge < -0.3 is 19.5 Å². The third kappa shape index (κ3) is 5.70. The first-order chi connectivity index (χ1) is 15.1. The lowest BCUT2D eigenvalue weighted by atomic mass is 10.2. The predicted molar refractivity (Wildman–Crippen MR) is 118 cm³/mol. The summed E-state index contributed by atoms with van der Waals surface area (Å²) in [6.45, 7) is 4.80. The van der Waals surface area contributed by atoms with E-state index >= 15 is 0 Å². The Morgan fingerprint density at radius 1 is 1.19 bits per heavy atom. The van der Waals surface area contributed by atoms with Crippen molar-refractivity contribution in [2.24, 2.45) is 0 Å². The van der Waals surface area contributed by atoms with Crippen molar-refractivity contribution in [1.29, 1.82) is 0 Å². The molecule has 6 nitrogen and oxygen atoms in total. The number of likely N-dealkylation sites (tertiary alicyclic amines) is 1. The van der Waals surface area contributed by atoms with Crippen molar-refractivity contribution in [2.45, 2.75) is 28.7 Å². The summed E-state index contributed by atoms with van der Waals surface area (Å²) in [5, 5.41) is 9.36. The van der Waals surface area contributed by atoms with Gasteiger partial charge >= 0.3 is 5.97 Å². The standard InChI is InChI=1S/C23H27FN2O4S/c24-17-3-1-4-19(15-17)31-22-16-18(25-9-12-29-13-10-25)6-7-21(22)30-14-11-26-8-2-5-20(26)23(27)28/h1,3-4,6-7,15-16,20H,2,5,8-14H2,(H,27,28). The van der Waals surface area contributed by atoms with Crippen LogP contribution in [0.3, 0.4) is 0 Å². The molecule has 0 aromatic heterocycles. The molecule has 2 fully saturated rings. The average molecular weight is 447 g/mol. The maximum absolute atomic E-state index is 13.7. The highest BCUT2D eigenvalue weighted by Crippen LogP contribution is 2.38. The molecule has 2 aromatic rings. The van der Waals surface area contributed by atoms with Gasteiger partial charge in [-0.05, 0) is 55.8 Å². The second-order valence-electron chi connectivity index (χ2n) is 7.67. The Labute approximate surface area is 185 Å². The van der Waals surface area contributed by atoms with Gasteiger partial charge in [0, 0.05) is 30.2 Å². The minimum atomic E-state index is -0.769. The zero-order valence-electron chi connectivity index (χ0n) is 17.3. The number of hydrogen-bond donors (Lipinski definition) is 1. The number of ether oxygens (including phenoxy) is 2. The van der Waals surface area contributed by atoms with Gasteiger partial charge in [-0.2, -0.15) is 0 Å². The van der Waals surface area contributed by atoms with E-state index in [4.69, 9.17) is 9.47 Å². The van der Waals surface area contributed by atoms with Gasteiger partial charge in [0.25, 0.3) is 0 Å². The van der Waals surface area contributed by atoms with E-state index in [0.29, 0.717) is 32.8 Å². The smallest absolute Gasteiger partial charge is 0.320 e. The summed E-state index contributed by atoms with van der Waals surface area (Å²) in [4.78, 5) is 17.3. The highest BCUT2D eigenvalue weighted by molar-refractivity contribution is 7.99. The summed E-state index contributed by atoms with van der Waals surface area (Å²) in [6.07, 6.45) is 1.58. The van der Waals surface area contributed by atoms with Crippen LogP contribution >= 0.6 is 11.8 Å². The van der Waals surface area contributed by atoms with Crippen LogP contribution in [0.2, 0.25) is 0 Å². The number of aliphatic carboxylic acids is 1. The second kappa shape index (κ2) is 10.3. The van der Waals surface area contributed by atoms with Crippen molar-refractivity contribution < 1.29 is 23.8 Å². The third-order valence-electron chi connectivity index (χ3n) is 5.61. The van der Waals surface area contributed by atoms with E-state index in [-0.39, 0.29) is 5.82 Å². The van der Waals surface area contributed by atoms with Crippen LogP contribution in [-0.2, 0) is 9.53 Å². The topological polar surface area (TPSA) is 62.2 Å². The van der Waals surface area contributed by atoms with Gasteiger partial charge in [0.2, 0.25) is 0 Å². The van der Waals surface area contributed by atoms with E-state index < -0.39 is 12.0 Å². The molecule has 0 aliphatic carbocycles. The Morgan fingerprint density at radius 2 is 2.03 bits per heavy atom. The first-order valence-electron chi connectivity index (χ1n) is 10.6. The Bertz CT molecular complexity index is 907. The highest BCUT2D eigenvalue weighted by Gasteiger charge is 2.30. The fraction of sp³-hybridized carbons (Fsp3) is 0.435. The molecule has 1 atom stereocenters. The van der Waals surface area contributed by atoms with Crippen LogP contribution in [0.5, 0.6) is 5.75 Å². The minimum absolute atomic E-state index is 0.273. The summed E-state index contributed by atoms with van der Waals surface area (Å²) >= 11 is 1.46. The predicted octanol–water partition coefficient (Wildman–Crippen LogP) is 3.74. The fourth-order valence-corrected chi connectivity index (χ4v) is 5.00. The molecule has 0 saturated carbocycles. The summed E-state index contributed by atoms with van der Waals surface area (Å²) in [5.74, 6) is -0.322. The van der Waals surface area contributed by atoms with E-state index in [1.807, 2.05) is 23.1 Å². The molecule has 31 heavy (non-hydrogen) atoms. The number of nitrogens with zero attached hydrogens (tertiary/aromatic N) is 2. The maximum Gasteiger partial charge on any atom is 0.320 e. The van der Waals surface area contributed by atoms with Crippen LogP contribution in [0.4, 0.5) is 10.1 Å². The SMILES string of the molecule is O=C(O)C1CCCN1CCOc1ccc(N2CCOCC2)cc1Sc1cccc(F)c1. The summed E-state index contributed by atoms with van der Waals surface area (Å²) < 4.78 is 25.2. The van der Waals surface area contributed by atoms with Crippen molar-refractivity contribution in [3.63, 3.8) is 0 Å². The minimum Gasteiger partial charge on any atom is -0.491 e. The van der Waals surface area contributed by atoms with Crippen molar-refractivity contribution in [3.05, 3.63) is 48.3 Å². The Hall–Kier alpha value is -2.29. The Morgan fingerprint density at radius 3 is 2.81 bits per heavy atom. The molecule has 2 saturated heterocycles. The first-order valence-corrected chi connectivity index (χ1v) is 11.4. The van der Waals surface area contributed by atoms with Gasteiger partial charge in [0.05, 0.1) is 18.1 Å². The molecular weight excluding hydrogens is 419 g/mol.